The van der Waals surface area contributed by atoms with E-state index >= 15 is 0 Å². The van der Waals surface area contributed by atoms with Crippen molar-refractivity contribution in [1.82, 2.24) is 15.0 Å². The van der Waals surface area contributed by atoms with Crippen LogP contribution in [0.3, 0.4) is 0 Å². The fourth-order valence-electron chi connectivity index (χ4n) is 11.7. The number of fused-ring (bicyclic) bond motifs is 8. The third kappa shape index (κ3) is 8.29. The second-order valence-corrected chi connectivity index (χ2v) is 20.3. The molecule has 0 atom stereocenters. The number of rotatable bonds is 10. The minimum absolute atomic E-state index is 0.440. The van der Waals surface area contributed by atoms with Crippen LogP contribution in [0.25, 0.3) is 44.1 Å². The lowest BCUT2D eigenvalue weighted by Gasteiger charge is -2.36. The van der Waals surface area contributed by atoms with Gasteiger partial charge in [0.05, 0.1) is 22.7 Å². The summed E-state index contributed by atoms with van der Waals surface area (Å²) in [4.78, 5) is 26.0. The van der Waals surface area contributed by atoms with Gasteiger partial charge in [0.2, 0.25) is 11.9 Å². The van der Waals surface area contributed by atoms with Gasteiger partial charge in [-0.25, -0.2) is 0 Å². The number of hydrogen-bond acceptors (Lipinski definition) is 8. The number of anilines is 11. The van der Waals surface area contributed by atoms with Crippen molar-refractivity contribution in [2.45, 2.75) is 19.3 Å². The molecule has 1 aliphatic carbocycles. The van der Waals surface area contributed by atoms with Crippen molar-refractivity contribution < 1.29 is 4.74 Å². The molecule has 380 valence electrons. The largest absolute Gasteiger partial charge is 0.452 e. The highest BCUT2D eigenvalue weighted by molar-refractivity contribution is 6.01. The molecular formula is C72H51N7O. The van der Waals surface area contributed by atoms with Gasteiger partial charge in [-0.3, -0.25) is 9.80 Å². The zero-order chi connectivity index (χ0) is 52.9. The second-order valence-electron chi connectivity index (χ2n) is 20.3. The van der Waals surface area contributed by atoms with Gasteiger partial charge in [-0.05, 0) is 136 Å². The van der Waals surface area contributed by atoms with Gasteiger partial charge in [-0.2, -0.15) is 15.0 Å². The molecule has 12 aromatic rings. The average molecular weight is 1030 g/mol. The molecule has 0 unspecified atom stereocenters. The van der Waals surface area contributed by atoms with E-state index in [0.717, 1.165) is 115 Å². The minimum atomic E-state index is 0.440. The fraction of sp³-hybridized carbons (Fsp3) is 0.0417. The molecule has 1 aromatic heterocycles. The Labute approximate surface area is 464 Å². The lowest BCUT2D eigenvalue weighted by molar-refractivity contribution is 0.482. The lowest BCUT2D eigenvalue weighted by atomic mass is 9.91. The number of benzene rings is 11. The van der Waals surface area contributed by atoms with E-state index in [1.807, 2.05) is 6.07 Å². The predicted octanol–water partition coefficient (Wildman–Crippen LogP) is 19.3. The Morgan fingerprint density at radius 3 is 1.60 bits per heavy atom. The third-order valence-electron chi connectivity index (χ3n) is 15.5. The van der Waals surface area contributed by atoms with E-state index in [9.17, 15) is 0 Å². The van der Waals surface area contributed by atoms with E-state index < -0.39 is 0 Å². The maximum Gasteiger partial charge on any atom is 0.240 e. The first kappa shape index (κ1) is 46.7. The van der Waals surface area contributed by atoms with Crippen LogP contribution < -0.4 is 24.3 Å². The van der Waals surface area contributed by atoms with E-state index in [0.29, 0.717) is 23.5 Å². The molecule has 8 nitrogen and oxygen atoms in total. The summed E-state index contributed by atoms with van der Waals surface area (Å²) < 4.78 is 7.11. The molecule has 2 aliphatic heterocycles. The molecule has 11 aromatic carbocycles. The highest BCUT2D eigenvalue weighted by atomic mass is 16.5. The molecule has 0 amide bonds. The van der Waals surface area contributed by atoms with Crippen LogP contribution in [-0.2, 0) is 6.42 Å². The van der Waals surface area contributed by atoms with Crippen molar-refractivity contribution >= 4 is 84.6 Å². The number of hydrogen-bond donors (Lipinski definition) is 0. The first-order valence-electron chi connectivity index (χ1n) is 27.3. The van der Waals surface area contributed by atoms with Crippen LogP contribution in [0, 0.1) is 0 Å². The van der Waals surface area contributed by atoms with Gasteiger partial charge in [0.15, 0.2) is 17.3 Å². The molecule has 3 heterocycles. The van der Waals surface area contributed by atoms with Crippen molar-refractivity contribution in [3.8, 4) is 34.0 Å². The molecule has 0 fully saturated rings. The van der Waals surface area contributed by atoms with Crippen molar-refractivity contribution in [2.24, 2.45) is 0 Å². The van der Waals surface area contributed by atoms with Gasteiger partial charge >= 0.3 is 0 Å². The molecular weight excluding hydrogens is 979 g/mol. The van der Waals surface area contributed by atoms with Crippen LogP contribution in [0.2, 0.25) is 0 Å². The van der Waals surface area contributed by atoms with Crippen LogP contribution in [0.5, 0.6) is 11.5 Å². The molecule has 0 radical (unpaired) electrons. The second kappa shape index (κ2) is 19.8. The average Bonchev–Trinajstić information content (AvgIpc) is 3.58. The normalized spacial score (nSPS) is 13.2. The first-order chi connectivity index (χ1) is 39.7. The van der Waals surface area contributed by atoms with Gasteiger partial charge in [0.25, 0.3) is 0 Å². The molecule has 3 aliphatic rings. The van der Waals surface area contributed by atoms with E-state index in [2.05, 4.69) is 287 Å². The minimum Gasteiger partial charge on any atom is -0.452 e. The summed E-state index contributed by atoms with van der Waals surface area (Å²) in [5.41, 5.74) is 15.3. The number of nitrogens with zero attached hydrogens (tertiary/aromatic N) is 7. The first-order valence-corrected chi connectivity index (χ1v) is 27.3. The molecule has 0 N–H and O–H groups in total. The quantitative estimate of drug-likeness (QED) is 0.134. The van der Waals surface area contributed by atoms with E-state index in [1.165, 1.54) is 16.3 Å². The molecule has 80 heavy (non-hydrogen) atoms. The highest BCUT2D eigenvalue weighted by Gasteiger charge is 2.35. The predicted molar refractivity (Wildman–Crippen MR) is 328 cm³/mol. The van der Waals surface area contributed by atoms with E-state index in [1.54, 1.807) is 0 Å². The van der Waals surface area contributed by atoms with Gasteiger partial charge in [0, 0.05) is 51.5 Å². The summed E-state index contributed by atoms with van der Waals surface area (Å²) in [6.45, 7) is 0. The van der Waals surface area contributed by atoms with Gasteiger partial charge in [0.1, 0.15) is 0 Å². The molecule has 0 spiro atoms. The van der Waals surface area contributed by atoms with Crippen LogP contribution in [-0.4, -0.2) is 15.0 Å². The summed E-state index contributed by atoms with van der Waals surface area (Å²) in [5, 5.41) is 4.42. The third-order valence-corrected chi connectivity index (χ3v) is 15.5. The summed E-state index contributed by atoms with van der Waals surface area (Å²) in [6, 6.07) is 89.8. The van der Waals surface area contributed by atoms with E-state index in [-0.39, 0.29) is 0 Å². The Morgan fingerprint density at radius 1 is 0.388 bits per heavy atom. The van der Waals surface area contributed by atoms with E-state index in [4.69, 9.17) is 19.7 Å². The van der Waals surface area contributed by atoms with Crippen LogP contribution in [0.1, 0.15) is 24.0 Å². The zero-order valence-electron chi connectivity index (χ0n) is 43.6. The Balaban J connectivity index is 0.990. The number of ether oxygens (including phenoxy) is 1. The maximum absolute atomic E-state index is 7.11. The van der Waals surface area contributed by atoms with Crippen LogP contribution >= 0.6 is 0 Å². The maximum atomic E-state index is 7.11. The summed E-state index contributed by atoms with van der Waals surface area (Å²) >= 11 is 0. The van der Waals surface area contributed by atoms with Crippen molar-refractivity contribution in [3.05, 3.63) is 290 Å². The Hall–Kier alpha value is -10.6. The van der Waals surface area contributed by atoms with Gasteiger partial charge in [-0.1, -0.05) is 188 Å². The highest BCUT2D eigenvalue weighted by Crippen LogP contribution is 2.55. The molecule has 0 bridgehead atoms. The molecule has 0 saturated heterocycles. The lowest BCUT2D eigenvalue weighted by Crippen LogP contribution is -2.25. The van der Waals surface area contributed by atoms with Gasteiger partial charge < -0.3 is 14.5 Å². The Morgan fingerprint density at radius 2 is 0.925 bits per heavy atom. The van der Waals surface area contributed by atoms with Crippen LogP contribution in [0.15, 0.2) is 279 Å². The smallest absolute Gasteiger partial charge is 0.240 e. The monoisotopic (exact) mass is 1030 g/mol. The molecule has 15 rings (SSSR count). The Bertz CT molecular complexity index is 4340. The number of aromatic nitrogens is 3. The van der Waals surface area contributed by atoms with Crippen LogP contribution in [0.4, 0.5) is 63.1 Å². The molecule has 0 saturated carbocycles. The summed E-state index contributed by atoms with van der Waals surface area (Å²) in [7, 11) is 0. The fourth-order valence-corrected chi connectivity index (χ4v) is 11.7. The van der Waals surface area contributed by atoms with Gasteiger partial charge in [-0.15, -0.1) is 0 Å². The van der Waals surface area contributed by atoms with Crippen molar-refractivity contribution in [3.63, 3.8) is 0 Å². The SMILES string of the molecule is C1=CC(N(c2ccccc2)c2ccc3c(c2)N(c2nc(-c4ccc(-c5ccccc5)cc4)nc(N4c5cc(N(c6ccccc6)c6ccccc6)ccc5Oc5c4ccc4ccccc54)n2)c2ccc4ccccc4c2C3)=CCC1. The standard InChI is InChI=1S/C72H51N7O/c1-6-20-49(21-7-1)50-34-36-53(37-35-50)70-73-71(78-64-43-39-51-22-16-18-32-61(51)63(64)46-54-38-41-59(47-66(54)78)76(55-24-8-2-9-25-55)56-26-10-3-11-27-56)75-72(74-70)79-65-44-40-52-23-17-19-33-62(52)69(65)80-68-45-42-60(48-67(68)79)77(57-28-12-4-13-29-57)58-30-14-5-15-31-58/h1-2,4-10,12-45,47-48H,3,11,46H2. The number of allylic oxidation sites excluding steroid dienone is 3. The zero-order valence-corrected chi connectivity index (χ0v) is 43.6. The molecule has 8 heteroatoms. The summed E-state index contributed by atoms with van der Waals surface area (Å²) in [5.74, 6) is 2.84. The topological polar surface area (TPSA) is 60.9 Å². The Kier molecular flexibility index (Phi) is 11.5. The van der Waals surface area contributed by atoms with Crippen molar-refractivity contribution in [1.29, 1.82) is 0 Å². The summed E-state index contributed by atoms with van der Waals surface area (Å²) in [6.07, 6.45) is 9.56. The number of para-hydroxylation sites is 3. The van der Waals surface area contributed by atoms with Crippen molar-refractivity contribution in [2.75, 3.05) is 19.6 Å².